The largest absolute Gasteiger partial charge is 0.344 e. The number of benzene rings is 1. The van der Waals surface area contributed by atoms with Crippen LogP contribution in [0.3, 0.4) is 0 Å². The average molecular weight is 196 g/mol. The van der Waals surface area contributed by atoms with E-state index in [4.69, 9.17) is 9.47 Å². The molecule has 0 bridgehead atoms. The van der Waals surface area contributed by atoms with E-state index in [2.05, 4.69) is 12.6 Å². The number of hydrogen-bond acceptors (Lipinski definition) is 3. The molecule has 0 radical (unpaired) electrons. The zero-order chi connectivity index (χ0) is 9.31. The van der Waals surface area contributed by atoms with Gasteiger partial charge in [0, 0.05) is 10.5 Å². The van der Waals surface area contributed by atoms with Crippen molar-refractivity contribution in [2.45, 2.75) is 17.6 Å². The molecule has 1 saturated heterocycles. The molecule has 0 amide bonds. The van der Waals surface area contributed by atoms with Crippen LogP contribution in [0.4, 0.5) is 0 Å². The molecule has 70 valence electrons. The number of thiol groups is 1. The van der Waals surface area contributed by atoms with E-state index in [0.717, 1.165) is 10.5 Å². The van der Waals surface area contributed by atoms with Crippen LogP contribution in [0.2, 0.25) is 0 Å². The van der Waals surface area contributed by atoms with E-state index in [0.29, 0.717) is 13.2 Å². The lowest BCUT2D eigenvalue weighted by Crippen LogP contribution is -2.21. The fraction of sp³-hybridized carbons (Fsp3) is 0.400. The van der Waals surface area contributed by atoms with Gasteiger partial charge in [-0.3, -0.25) is 0 Å². The summed E-state index contributed by atoms with van der Waals surface area (Å²) in [6, 6.07) is 7.84. The molecule has 1 aromatic carbocycles. The molecule has 0 aliphatic carbocycles. The van der Waals surface area contributed by atoms with E-state index < -0.39 is 5.79 Å². The van der Waals surface area contributed by atoms with E-state index in [1.165, 1.54) is 0 Å². The van der Waals surface area contributed by atoms with Crippen LogP contribution in [0, 0.1) is 0 Å². The van der Waals surface area contributed by atoms with Crippen LogP contribution in [-0.2, 0) is 15.3 Å². The van der Waals surface area contributed by atoms with Gasteiger partial charge in [-0.25, -0.2) is 0 Å². The van der Waals surface area contributed by atoms with Crippen LogP contribution in [0.25, 0.3) is 0 Å². The molecule has 0 atom stereocenters. The fourth-order valence-electron chi connectivity index (χ4n) is 1.45. The van der Waals surface area contributed by atoms with Crippen molar-refractivity contribution >= 4 is 12.6 Å². The number of ether oxygens (including phenoxy) is 2. The van der Waals surface area contributed by atoms with Gasteiger partial charge in [-0.1, -0.05) is 12.1 Å². The third-order valence-corrected chi connectivity index (χ3v) is 2.53. The lowest BCUT2D eigenvalue weighted by atomic mass is 10.1. The summed E-state index contributed by atoms with van der Waals surface area (Å²) in [7, 11) is 0. The van der Waals surface area contributed by atoms with E-state index in [-0.39, 0.29) is 0 Å². The predicted octanol–water partition coefficient (Wildman–Crippen LogP) is 2.19. The molecule has 2 nitrogen and oxygen atoms in total. The Morgan fingerprint density at radius 1 is 1.15 bits per heavy atom. The van der Waals surface area contributed by atoms with Gasteiger partial charge >= 0.3 is 0 Å². The van der Waals surface area contributed by atoms with Crippen molar-refractivity contribution in [1.82, 2.24) is 0 Å². The first-order valence-electron chi connectivity index (χ1n) is 4.28. The molecule has 0 N–H and O–H groups in total. The Balaban J connectivity index is 2.29. The fourth-order valence-corrected chi connectivity index (χ4v) is 1.59. The Morgan fingerprint density at radius 3 is 2.23 bits per heavy atom. The summed E-state index contributed by atoms with van der Waals surface area (Å²) in [5, 5.41) is 0. The van der Waals surface area contributed by atoms with Crippen molar-refractivity contribution in [2.75, 3.05) is 13.2 Å². The molecule has 1 fully saturated rings. The number of hydrogen-bond donors (Lipinski definition) is 1. The lowest BCUT2D eigenvalue weighted by Gasteiger charge is -2.22. The van der Waals surface area contributed by atoms with Crippen LogP contribution < -0.4 is 0 Å². The minimum absolute atomic E-state index is 0.554. The zero-order valence-electron chi connectivity index (χ0n) is 7.49. The second kappa shape index (κ2) is 3.33. The maximum absolute atomic E-state index is 5.52. The standard InChI is InChI=1S/C10H12O2S/c1-10(11-6-7-12-10)8-2-4-9(13)5-3-8/h2-5,13H,6-7H2,1H3. The Bertz CT molecular complexity index is 288. The van der Waals surface area contributed by atoms with Crippen molar-refractivity contribution in [3.63, 3.8) is 0 Å². The molecule has 1 aliphatic heterocycles. The highest BCUT2D eigenvalue weighted by Crippen LogP contribution is 2.30. The van der Waals surface area contributed by atoms with Crippen LogP contribution in [0.5, 0.6) is 0 Å². The van der Waals surface area contributed by atoms with Crippen LogP contribution in [0.1, 0.15) is 12.5 Å². The Hall–Kier alpha value is -0.510. The van der Waals surface area contributed by atoms with Gasteiger partial charge in [0.05, 0.1) is 13.2 Å². The van der Waals surface area contributed by atoms with Gasteiger partial charge in [0.1, 0.15) is 0 Å². The summed E-state index contributed by atoms with van der Waals surface area (Å²) in [6.07, 6.45) is 0. The van der Waals surface area contributed by atoms with Crippen molar-refractivity contribution in [2.24, 2.45) is 0 Å². The van der Waals surface area contributed by atoms with Gasteiger partial charge in [0.2, 0.25) is 0 Å². The molecule has 1 heterocycles. The van der Waals surface area contributed by atoms with E-state index in [9.17, 15) is 0 Å². The summed E-state index contributed by atoms with van der Waals surface area (Å²) in [4.78, 5) is 0.949. The summed E-state index contributed by atoms with van der Waals surface area (Å²) in [6.45, 7) is 3.27. The Labute approximate surface area is 83.3 Å². The van der Waals surface area contributed by atoms with E-state index in [1.54, 1.807) is 0 Å². The van der Waals surface area contributed by atoms with Crippen LogP contribution >= 0.6 is 12.6 Å². The molecule has 0 unspecified atom stereocenters. The first-order chi connectivity index (χ1) is 6.21. The maximum atomic E-state index is 5.52. The molecule has 2 rings (SSSR count). The minimum Gasteiger partial charge on any atom is -0.344 e. The van der Waals surface area contributed by atoms with Gasteiger partial charge < -0.3 is 9.47 Å². The molecule has 1 aromatic rings. The quantitative estimate of drug-likeness (QED) is 0.694. The summed E-state index contributed by atoms with van der Waals surface area (Å²) < 4.78 is 11.0. The summed E-state index contributed by atoms with van der Waals surface area (Å²) >= 11 is 4.22. The molecular weight excluding hydrogens is 184 g/mol. The highest BCUT2D eigenvalue weighted by molar-refractivity contribution is 7.80. The normalized spacial score (nSPS) is 20.5. The van der Waals surface area contributed by atoms with Crippen molar-refractivity contribution in [3.8, 4) is 0 Å². The van der Waals surface area contributed by atoms with Gasteiger partial charge in [-0.2, -0.15) is 0 Å². The topological polar surface area (TPSA) is 18.5 Å². The first kappa shape index (κ1) is 9.06. The average Bonchev–Trinajstić information content (AvgIpc) is 2.54. The third-order valence-electron chi connectivity index (χ3n) is 2.23. The highest BCUT2D eigenvalue weighted by atomic mass is 32.1. The van der Waals surface area contributed by atoms with E-state index in [1.807, 2.05) is 31.2 Å². The zero-order valence-corrected chi connectivity index (χ0v) is 8.38. The maximum Gasteiger partial charge on any atom is 0.192 e. The molecule has 13 heavy (non-hydrogen) atoms. The Kier molecular flexibility index (Phi) is 2.32. The highest BCUT2D eigenvalue weighted by Gasteiger charge is 2.32. The summed E-state index contributed by atoms with van der Waals surface area (Å²) in [5.74, 6) is -0.554. The lowest BCUT2D eigenvalue weighted by molar-refractivity contribution is -0.149. The van der Waals surface area contributed by atoms with Gasteiger partial charge in [0.15, 0.2) is 5.79 Å². The third kappa shape index (κ3) is 1.73. The first-order valence-corrected chi connectivity index (χ1v) is 4.73. The molecular formula is C10H12O2S. The van der Waals surface area contributed by atoms with Gasteiger partial charge in [0.25, 0.3) is 0 Å². The minimum atomic E-state index is -0.554. The van der Waals surface area contributed by atoms with E-state index >= 15 is 0 Å². The molecule has 0 spiro atoms. The van der Waals surface area contributed by atoms with Crippen molar-refractivity contribution < 1.29 is 9.47 Å². The predicted molar refractivity (Wildman–Crippen MR) is 53.0 cm³/mol. The molecule has 3 heteroatoms. The second-order valence-electron chi connectivity index (χ2n) is 3.19. The van der Waals surface area contributed by atoms with Crippen LogP contribution in [-0.4, -0.2) is 13.2 Å². The van der Waals surface area contributed by atoms with Crippen molar-refractivity contribution in [3.05, 3.63) is 29.8 Å². The SMILES string of the molecule is CC1(c2ccc(S)cc2)OCCO1. The molecule has 0 saturated carbocycles. The number of rotatable bonds is 1. The molecule has 0 aromatic heterocycles. The van der Waals surface area contributed by atoms with Gasteiger partial charge in [-0.15, -0.1) is 12.6 Å². The second-order valence-corrected chi connectivity index (χ2v) is 3.71. The summed E-state index contributed by atoms with van der Waals surface area (Å²) in [5.41, 5.74) is 1.04. The van der Waals surface area contributed by atoms with Crippen LogP contribution in [0.15, 0.2) is 29.2 Å². The Morgan fingerprint density at radius 2 is 1.69 bits per heavy atom. The smallest absolute Gasteiger partial charge is 0.192 e. The van der Waals surface area contributed by atoms with Crippen molar-refractivity contribution in [1.29, 1.82) is 0 Å². The molecule has 1 aliphatic rings. The van der Waals surface area contributed by atoms with Gasteiger partial charge in [-0.05, 0) is 19.1 Å². The monoisotopic (exact) mass is 196 g/mol.